The first-order valence-electron chi connectivity index (χ1n) is 11.3. The van der Waals surface area contributed by atoms with E-state index in [-0.39, 0.29) is 36.3 Å². The Morgan fingerprint density at radius 1 is 1.32 bits per heavy atom. The molecule has 2 aliphatic rings. The van der Waals surface area contributed by atoms with Gasteiger partial charge in [0.05, 0.1) is 17.9 Å². The highest BCUT2D eigenvalue weighted by Crippen LogP contribution is 2.44. The Bertz CT molecular complexity index is 1290. The van der Waals surface area contributed by atoms with Crippen LogP contribution in [0, 0.1) is 5.92 Å². The maximum absolute atomic E-state index is 13.3. The van der Waals surface area contributed by atoms with Crippen LogP contribution in [-0.4, -0.2) is 51.1 Å². The van der Waals surface area contributed by atoms with Gasteiger partial charge in [0, 0.05) is 51.7 Å². The minimum Gasteiger partial charge on any atom is -0.381 e. The van der Waals surface area contributed by atoms with Crippen LogP contribution in [0.15, 0.2) is 35.4 Å². The van der Waals surface area contributed by atoms with Crippen molar-refractivity contribution in [1.82, 2.24) is 19.2 Å². The summed E-state index contributed by atoms with van der Waals surface area (Å²) in [5.41, 5.74) is 0.559. The highest BCUT2D eigenvalue weighted by Gasteiger charge is 2.46. The van der Waals surface area contributed by atoms with Gasteiger partial charge in [0.2, 0.25) is 0 Å². The number of anilines is 3. The summed E-state index contributed by atoms with van der Waals surface area (Å²) in [7, 11) is 3.37. The molecule has 11 heteroatoms. The second-order valence-corrected chi connectivity index (χ2v) is 8.99. The minimum atomic E-state index is -2.73. The number of alkyl halides is 2. The van der Waals surface area contributed by atoms with Crippen molar-refractivity contribution in [3.05, 3.63) is 46.5 Å². The number of nitrogens with zero attached hydrogens (tertiary/aromatic N) is 4. The standard InChI is InChI=1S/C23H26F2N6O3/c1-26-20-9-19(28-16-4-3-7-30(22(16)33)14-10-23(24,25)11-14)29-21-15(12-27-31(20)21)17(32)8-13-5-6-18(13)34-2/h3-4,7,9,12-14,18,26H,5-6,8,10-11H2,1-2H3,(H,28,29)/t13-,18+/m0/s1. The number of Topliss-reactive ketones (excluding diaryl/α,β-unsaturated/α-hetero) is 1. The van der Waals surface area contributed by atoms with Gasteiger partial charge in [-0.15, -0.1) is 0 Å². The molecule has 180 valence electrons. The number of methoxy groups -OCH3 is 1. The van der Waals surface area contributed by atoms with E-state index in [0.717, 1.165) is 12.8 Å². The Hall–Kier alpha value is -3.34. The van der Waals surface area contributed by atoms with Gasteiger partial charge in [-0.05, 0) is 30.9 Å². The van der Waals surface area contributed by atoms with Crippen molar-refractivity contribution in [1.29, 1.82) is 0 Å². The average molecular weight is 472 g/mol. The second kappa shape index (κ2) is 8.46. The van der Waals surface area contributed by atoms with Crippen LogP contribution in [0.4, 0.5) is 26.1 Å². The molecule has 2 aliphatic carbocycles. The summed E-state index contributed by atoms with van der Waals surface area (Å²) in [6.45, 7) is 0. The molecule has 0 aliphatic heterocycles. The molecule has 2 atom stereocenters. The number of carbonyl (C=O) groups excluding carboxylic acids is 1. The van der Waals surface area contributed by atoms with Crippen molar-refractivity contribution >= 4 is 28.8 Å². The van der Waals surface area contributed by atoms with Crippen LogP contribution in [0.1, 0.15) is 48.5 Å². The van der Waals surface area contributed by atoms with Crippen molar-refractivity contribution in [3.63, 3.8) is 0 Å². The fourth-order valence-electron chi connectivity index (χ4n) is 4.69. The summed E-state index contributed by atoms with van der Waals surface area (Å²) in [5, 5.41) is 10.3. The van der Waals surface area contributed by atoms with Crippen LogP contribution >= 0.6 is 0 Å². The van der Waals surface area contributed by atoms with Gasteiger partial charge in [0.1, 0.15) is 17.3 Å². The molecule has 3 heterocycles. The fraction of sp³-hybridized carbons (Fsp3) is 0.478. The number of fused-ring (bicyclic) bond motifs is 1. The fourth-order valence-corrected chi connectivity index (χ4v) is 4.69. The first-order chi connectivity index (χ1) is 16.3. The van der Waals surface area contributed by atoms with E-state index in [1.54, 1.807) is 32.4 Å². The van der Waals surface area contributed by atoms with Gasteiger partial charge in [0.15, 0.2) is 11.4 Å². The van der Waals surface area contributed by atoms with E-state index in [1.807, 2.05) is 0 Å². The monoisotopic (exact) mass is 472 g/mol. The van der Waals surface area contributed by atoms with E-state index < -0.39 is 17.5 Å². The van der Waals surface area contributed by atoms with Gasteiger partial charge in [-0.3, -0.25) is 9.59 Å². The van der Waals surface area contributed by atoms with E-state index in [4.69, 9.17) is 4.74 Å². The van der Waals surface area contributed by atoms with Gasteiger partial charge in [-0.25, -0.2) is 13.8 Å². The second-order valence-electron chi connectivity index (χ2n) is 8.99. The van der Waals surface area contributed by atoms with Crippen LogP contribution in [0.5, 0.6) is 0 Å². The molecular weight excluding hydrogens is 446 g/mol. The maximum atomic E-state index is 13.3. The molecule has 3 aromatic heterocycles. The van der Waals surface area contributed by atoms with E-state index in [2.05, 4.69) is 20.7 Å². The molecule has 0 aromatic carbocycles. The van der Waals surface area contributed by atoms with Gasteiger partial charge >= 0.3 is 0 Å². The quantitative estimate of drug-likeness (QED) is 0.483. The zero-order valence-electron chi connectivity index (χ0n) is 18.9. The van der Waals surface area contributed by atoms with Gasteiger partial charge in [-0.2, -0.15) is 9.61 Å². The number of rotatable bonds is 8. The Kier molecular flexibility index (Phi) is 5.59. The summed E-state index contributed by atoms with van der Waals surface area (Å²) >= 11 is 0. The molecular formula is C23H26F2N6O3. The number of halogens is 2. The lowest BCUT2D eigenvalue weighted by molar-refractivity contribution is -0.104. The predicted molar refractivity (Wildman–Crippen MR) is 122 cm³/mol. The SMILES string of the molecule is CNc1cc(Nc2cccn(C3CC(F)(F)C3)c2=O)nc2c(C(=O)C[C@@H]3CC[C@H]3OC)cnn12. The van der Waals surface area contributed by atoms with Crippen LogP contribution < -0.4 is 16.2 Å². The van der Waals surface area contributed by atoms with E-state index in [9.17, 15) is 18.4 Å². The molecule has 0 saturated heterocycles. The smallest absolute Gasteiger partial charge is 0.274 e. The van der Waals surface area contributed by atoms with Crippen LogP contribution in [0.3, 0.4) is 0 Å². The molecule has 0 radical (unpaired) electrons. The third-order valence-corrected chi connectivity index (χ3v) is 6.83. The summed E-state index contributed by atoms with van der Waals surface area (Å²) in [6, 6.07) is 4.34. The Morgan fingerprint density at radius 2 is 2.12 bits per heavy atom. The lowest BCUT2D eigenvalue weighted by atomic mass is 9.78. The molecule has 0 spiro atoms. The van der Waals surface area contributed by atoms with Gasteiger partial charge in [-0.1, -0.05) is 0 Å². The van der Waals surface area contributed by atoms with E-state index >= 15 is 0 Å². The summed E-state index contributed by atoms with van der Waals surface area (Å²) in [4.78, 5) is 30.5. The highest BCUT2D eigenvalue weighted by atomic mass is 19.3. The lowest BCUT2D eigenvalue weighted by Gasteiger charge is -2.36. The number of carbonyl (C=O) groups is 1. The maximum Gasteiger partial charge on any atom is 0.274 e. The molecule has 3 aromatic rings. The third-order valence-electron chi connectivity index (χ3n) is 6.83. The van der Waals surface area contributed by atoms with Crippen molar-refractivity contribution in [2.75, 3.05) is 24.8 Å². The van der Waals surface area contributed by atoms with Crippen molar-refractivity contribution in [3.8, 4) is 0 Å². The van der Waals surface area contributed by atoms with E-state index in [1.165, 1.54) is 21.5 Å². The van der Waals surface area contributed by atoms with E-state index in [0.29, 0.717) is 29.3 Å². The van der Waals surface area contributed by atoms with Crippen molar-refractivity contribution < 1.29 is 18.3 Å². The number of pyridine rings is 1. The number of ether oxygens (including phenoxy) is 1. The number of ketones is 1. The minimum absolute atomic E-state index is 0.0681. The van der Waals surface area contributed by atoms with Crippen molar-refractivity contribution in [2.45, 2.75) is 50.2 Å². The molecule has 0 bridgehead atoms. The summed E-state index contributed by atoms with van der Waals surface area (Å²) in [6.07, 6.45) is 4.66. The van der Waals surface area contributed by atoms with Crippen LogP contribution in [0.25, 0.3) is 5.65 Å². The summed E-state index contributed by atoms with van der Waals surface area (Å²) in [5.74, 6) is -1.71. The molecule has 34 heavy (non-hydrogen) atoms. The molecule has 0 amide bonds. The third kappa shape index (κ3) is 3.93. The number of aromatic nitrogens is 4. The lowest BCUT2D eigenvalue weighted by Crippen LogP contribution is -2.41. The van der Waals surface area contributed by atoms with Crippen molar-refractivity contribution in [2.24, 2.45) is 5.92 Å². The number of hydrogen-bond donors (Lipinski definition) is 2. The first kappa shape index (κ1) is 22.5. The Labute approximate surface area is 194 Å². The number of hydrogen-bond acceptors (Lipinski definition) is 7. The summed E-state index contributed by atoms with van der Waals surface area (Å²) < 4.78 is 34.9. The topological polar surface area (TPSA) is 103 Å². The van der Waals surface area contributed by atoms with Gasteiger partial charge in [0.25, 0.3) is 11.5 Å². The van der Waals surface area contributed by atoms with Crippen LogP contribution in [-0.2, 0) is 4.74 Å². The molecule has 2 N–H and O–H groups in total. The zero-order chi connectivity index (χ0) is 24.0. The first-order valence-corrected chi connectivity index (χ1v) is 11.3. The molecule has 2 saturated carbocycles. The largest absolute Gasteiger partial charge is 0.381 e. The molecule has 9 nitrogen and oxygen atoms in total. The zero-order valence-corrected chi connectivity index (χ0v) is 18.9. The number of nitrogens with one attached hydrogen (secondary N) is 2. The Balaban J connectivity index is 1.44. The average Bonchev–Trinajstić information content (AvgIpc) is 3.20. The molecule has 2 fully saturated rings. The molecule has 0 unspecified atom stereocenters. The van der Waals surface area contributed by atoms with Crippen LogP contribution in [0.2, 0.25) is 0 Å². The van der Waals surface area contributed by atoms with Gasteiger partial charge < -0.3 is 19.9 Å². The highest BCUT2D eigenvalue weighted by molar-refractivity contribution is 6.01. The Morgan fingerprint density at radius 3 is 2.76 bits per heavy atom. The predicted octanol–water partition coefficient (Wildman–Crippen LogP) is 3.64. The molecule has 5 rings (SSSR count). The normalized spacial score (nSPS) is 21.6.